The quantitative estimate of drug-likeness (QED) is 0.722. The van der Waals surface area contributed by atoms with Gasteiger partial charge in [0.2, 0.25) is 0 Å². The van der Waals surface area contributed by atoms with E-state index in [1.54, 1.807) is 0 Å². The minimum absolute atomic E-state index is 0.637. The maximum Gasteiger partial charge on any atom is 0.134 e. The van der Waals surface area contributed by atoms with E-state index in [4.69, 9.17) is 4.42 Å². The van der Waals surface area contributed by atoms with Crippen LogP contribution >= 0.6 is 0 Å². The Bertz CT molecular complexity index is 475. The molecule has 1 aromatic heterocycles. The van der Waals surface area contributed by atoms with Crippen molar-refractivity contribution >= 4 is 0 Å². The summed E-state index contributed by atoms with van der Waals surface area (Å²) in [6, 6.07) is 14.5. The lowest BCUT2D eigenvalue weighted by Gasteiger charge is -1.96. The van der Waals surface area contributed by atoms with Gasteiger partial charge in [-0.2, -0.15) is 0 Å². The second kappa shape index (κ2) is 3.51. The average molecular weight is 212 g/mol. The molecule has 0 bridgehead atoms. The molecule has 1 aliphatic rings. The van der Waals surface area contributed by atoms with Gasteiger partial charge in [-0.05, 0) is 24.0 Å². The molecule has 2 aromatic rings. The molecule has 1 saturated carbocycles. The third-order valence-electron chi connectivity index (χ3n) is 3.83. The Labute approximate surface area is 96.1 Å². The summed E-state index contributed by atoms with van der Waals surface area (Å²) in [6.45, 7) is 4.58. The predicted molar refractivity (Wildman–Crippen MR) is 65.2 cm³/mol. The lowest BCUT2D eigenvalue weighted by molar-refractivity contribution is 0.514. The summed E-state index contributed by atoms with van der Waals surface area (Å²) in [6.07, 6.45) is 0. The molecule has 1 aromatic carbocycles. The Balaban J connectivity index is 1.89. The first-order chi connectivity index (χ1) is 7.77. The van der Waals surface area contributed by atoms with Crippen molar-refractivity contribution in [3.05, 3.63) is 48.2 Å². The molecule has 1 heteroatoms. The second-order valence-corrected chi connectivity index (χ2v) is 4.81. The summed E-state index contributed by atoms with van der Waals surface area (Å²) in [4.78, 5) is 0. The summed E-state index contributed by atoms with van der Waals surface area (Å²) in [5, 5.41) is 0. The zero-order chi connectivity index (χ0) is 11.1. The van der Waals surface area contributed by atoms with Crippen LogP contribution in [-0.4, -0.2) is 0 Å². The Kier molecular flexibility index (Phi) is 2.13. The lowest BCUT2D eigenvalue weighted by atomic mass is 10.2. The van der Waals surface area contributed by atoms with Gasteiger partial charge in [0.25, 0.3) is 0 Å². The maximum absolute atomic E-state index is 5.93. The largest absolute Gasteiger partial charge is 0.461 e. The van der Waals surface area contributed by atoms with E-state index in [-0.39, 0.29) is 0 Å². The first-order valence-corrected chi connectivity index (χ1v) is 5.92. The number of hydrogen-bond acceptors (Lipinski definition) is 1. The van der Waals surface area contributed by atoms with Crippen LogP contribution in [-0.2, 0) is 0 Å². The molecule has 0 aliphatic heterocycles. The van der Waals surface area contributed by atoms with Crippen molar-refractivity contribution in [1.82, 2.24) is 0 Å². The minimum atomic E-state index is 0.637. The molecule has 16 heavy (non-hydrogen) atoms. The van der Waals surface area contributed by atoms with Crippen LogP contribution in [0.3, 0.4) is 0 Å². The topological polar surface area (TPSA) is 13.1 Å². The molecule has 0 spiro atoms. The molecule has 1 aliphatic carbocycles. The van der Waals surface area contributed by atoms with E-state index < -0.39 is 0 Å². The Morgan fingerprint density at radius 3 is 2.19 bits per heavy atom. The van der Waals surface area contributed by atoms with Gasteiger partial charge in [0.05, 0.1) is 0 Å². The molecular formula is C15H16O. The summed E-state index contributed by atoms with van der Waals surface area (Å²) < 4.78 is 5.93. The van der Waals surface area contributed by atoms with Crippen molar-refractivity contribution in [2.24, 2.45) is 11.8 Å². The first kappa shape index (κ1) is 9.71. The fourth-order valence-electron chi connectivity index (χ4n) is 2.47. The highest BCUT2D eigenvalue weighted by molar-refractivity contribution is 5.57. The molecule has 1 fully saturated rings. The molecule has 0 saturated heterocycles. The van der Waals surface area contributed by atoms with Crippen molar-refractivity contribution in [3.8, 4) is 11.3 Å². The van der Waals surface area contributed by atoms with Crippen LogP contribution in [0.4, 0.5) is 0 Å². The van der Waals surface area contributed by atoms with Gasteiger partial charge in [0, 0.05) is 11.5 Å². The Hall–Kier alpha value is -1.50. The Morgan fingerprint density at radius 2 is 1.56 bits per heavy atom. The van der Waals surface area contributed by atoms with Crippen LogP contribution in [0.25, 0.3) is 11.3 Å². The zero-order valence-corrected chi connectivity index (χ0v) is 9.68. The number of rotatable bonds is 2. The minimum Gasteiger partial charge on any atom is -0.461 e. The van der Waals surface area contributed by atoms with Gasteiger partial charge in [-0.25, -0.2) is 0 Å². The van der Waals surface area contributed by atoms with E-state index in [1.807, 2.05) is 18.2 Å². The van der Waals surface area contributed by atoms with E-state index in [0.29, 0.717) is 5.92 Å². The van der Waals surface area contributed by atoms with Gasteiger partial charge in [-0.15, -0.1) is 0 Å². The predicted octanol–water partition coefficient (Wildman–Crippen LogP) is 4.32. The SMILES string of the molecule is C[C@H]1C(c2ccc(-c3ccccc3)o2)[C@@H]1C. The highest BCUT2D eigenvalue weighted by Crippen LogP contribution is 2.53. The van der Waals surface area contributed by atoms with Gasteiger partial charge < -0.3 is 4.42 Å². The van der Waals surface area contributed by atoms with Crippen LogP contribution in [0.5, 0.6) is 0 Å². The standard InChI is InChI=1S/C15H16O/c1-10-11(2)15(10)14-9-8-13(16-14)12-6-4-3-5-7-12/h3-11,15H,1-2H3/t10-,11-/m1/s1. The Morgan fingerprint density at radius 1 is 0.875 bits per heavy atom. The number of benzene rings is 1. The zero-order valence-electron chi connectivity index (χ0n) is 9.68. The average Bonchev–Trinajstić information content (AvgIpc) is 2.77. The molecular weight excluding hydrogens is 196 g/mol. The van der Waals surface area contributed by atoms with Crippen LogP contribution in [0, 0.1) is 11.8 Å². The van der Waals surface area contributed by atoms with Crippen LogP contribution < -0.4 is 0 Å². The van der Waals surface area contributed by atoms with Crippen molar-refractivity contribution in [3.63, 3.8) is 0 Å². The third kappa shape index (κ3) is 1.47. The number of furan rings is 1. The highest BCUT2D eigenvalue weighted by atomic mass is 16.3. The van der Waals surface area contributed by atoms with Crippen molar-refractivity contribution < 1.29 is 4.42 Å². The van der Waals surface area contributed by atoms with Gasteiger partial charge in [0.1, 0.15) is 11.5 Å². The molecule has 0 amide bonds. The molecule has 0 radical (unpaired) electrons. The van der Waals surface area contributed by atoms with Gasteiger partial charge >= 0.3 is 0 Å². The van der Waals surface area contributed by atoms with E-state index in [2.05, 4.69) is 38.1 Å². The summed E-state index contributed by atoms with van der Waals surface area (Å²) >= 11 is 0. The fraction of sp³-hybridized carbons (Fsp3) is 0.333. The van der Waals surface area contributed by atoms with Crippen LogP contribution in [0.2, 0.25) is 0 Å². The van der Waals surface area contributed by atoms with Gasteiger partial charge in [0.15, 0.2) is 0 Å². The molecule has 3 rings (SSSR count). The second-order valence-electron chi connectivity index (χ2n) is 4.81. The molecule has 82 valence electrons. The van der Waals surface area contributed by atoms with Gasteiger partial charge in [-0.1, -0.05) is 44.2 Å². The van der Waals surface area contributed by atoms with Crippen molar-refractivity contribution in [2.75, 3.05) is 0 Å². The lowest BCUT2D eigenvalue weighted by Crippen LogP contribution is -1.75. The van der Waals surface area contributed by atoms with E-state index >= 15 is 0 Å². The van der Waals surface area contributed by atoms with E-state index in [0.717, 1.165) is 28.9 Å². The first-order valence-electron chi connectivity index (χ1n) is 5.92. The van der Waals surface area contributed by atoms with Crippen molar-refractivity contribution in [1.29, 1.82) is 0 Å². The summed E-state index contributed by atoms with van der Waals surface area (Å²) in [7, 11) is 0. The maximum atomic E-state index is 5.93. The third-order valence-corrected chi connectivity index (χ3v) is 3.83. The molecule has 2 atom stereocenters. The normalized spacial score (nSPS) is 28.0. The van der Waals surface area contributed by atoms with Crippen LogP contribution in [0.1, 0.15) is 25.5 Å². The summed E-state index contributed by atoms with van der Waals surface area (Å²) in [5.74, 6) is 4.32. The molecule has 0 unspecified atom stereocenters. The highest BCUT2D eigenvalue weighted by Gasteiger charge is 2.45. The van der Waals surface area contributed by atoms with Crippen molar-refractivity contribution in [2.45, 2.75) is 19.8 Å². The van der Waals surface area contributed by atoms with Crippen LogP contribution in [0.15, 0.2) is 46.9 Å². The summed E-state index contributed by atoms with van der Waals surface area (Å²) in [5.41, 5.74) is 1.16. The smallest absolute Gasteiger partial charge is 0.134 e. The van der Waals surface area contributed by atoms with E-state index in [1.165, 1.54) is 0 Å². The number of hydrogen-bond donors (Lipinski definition) is 0. The van der Waals surface area contributed by atoms with Gasteiger partial charge in [-0.3, -0.25) is 0 Å². The molecule has 1 heterocycles. The molecule has 0 N–H and O–H groups in total. The van der Waals surface area contributed by atoms with E-state index in [9.17, 15) is 0 Å². The molecule has 1 nitrogen and oxygen atoms in total. The fourth-order valence-corrected chi connectivity index (χ4v) is 2.47. The monoisotopic (exact) mass is 212 g/mol.